The molecule has 3 nitrogen and oxygen atoms in total. The summed E-state index contributed by atoms with van der Waals surface area (Å²) in [6, 6.07) is 0. The van der Waals surface area contributed by atoms with Crippen molar-refractivity contribution in [1.29, 1.82) is 0 Å². The number of nitrogens with zero attached hydrogens (tertiary/aromatic N) is 2. The molecule has 0 aromatic carbocycles. The van der Waals surface area contributed by atoms with Crippen molar-refractivity contribution in [3.05, 3.63) is 24.3 Å². The molecule has 1 aliphatic carbocycles. The molecule has 0 saturated heterocycles. The van der Waals surface area contributed by atoms with E-state index in [4.69, 9.17) is 0 Å². The second kappa shape index (κ2) is 3.42. The zero-order valence-electron chi connectivity index (χ0n) is 7.61. The molecule has 0 amide bonds. The normalized spacial score (nSPS) is 21.3. The highest BCUT2D eigenvalue weighted by Gasteiger charge is 2.32. The summed E-state index contributed by atoms with van der Waals surface area (Å²) in [4.78, 5) is 8.14. The molecule has 1 aromatic heterocycles. The summed E-state index contributed by atoms with van der Waals surface area (Å²) < 4.78 is 0. The first-order valence-electron chi connectivity index (χ1n) is 4.80. The molecule has 2 rings (SSSR count). The van der Waals surface area contributed by atoms with Crippen LogP contribution in [0.1, 0.15) is 37.8 Å². The molecule has 0 aliphatic heterocycles. The minimum atomic E-state index is -0.702. The third-order valence-electron chi connectivity index (χ3n) is 2.72. The maximum atomic E-state index is 10.2. The average Bonchev–Trinajstić information content (AvgIpc) is 2.20. The Morgan fingerprint density at radius 2 is 1.92 bits per heavy atom. The Labute approximate surface area is 77.8 Å². The highest BCUT2D eigenvalue weighted by molar-refractivity contribution is 5.08. The summed E-state index contributed by atoms with van der Waals surface area (Å²) in [7, 11) is 0. The van der Waals surface area contributed by atoms with Gasteiger partial charge in [-0.15, -0.1) is 0 Å². The van der Waals surface area contributed by atoms with Gasteiger partial charge in [0.05, 0.1) is 11.9 Å². The first-order chi connectivity index (χ1) is 6.31. The lowest BCUT2D eigenvalue weighted by atomic mass is 9.83. The van der Waals surface area contributed by atoms with Gasteiger partial charge < -0.3 is 5.11 Å². The Kier molecular flexibility index (Phi) is 2.27. The fraction of sp³-hybridized carbons (Fsp3) is 0.600. The first-order valence-corrected chi connectivity index (χ1v) is 4.80. The highest BCUT2D eigenvalue weighted by Crippen LogP contribution is 2.35. The smallest absolute Gasteiger partial charge is 0.108 e. The van der Waals surface area contributed by atoms with Crippen LogP contribution in [0.4, 0.5) is 0 Å². The van der Waals surface area contributed by atoms with Gasteiger partial charge in [-0.1, -0.05) is 19.3 Å². The van der Waals surface area contributed by atoms with E-state index < -0.39 is 5.60 Å². The van der Waals surface area contributed by atoms with Crippen molar-refractivity contribution < 1.29 is 5.11 Å². The zero-order valence-corrected chi connectivity index (χ0v) is 7.61. The van der Waals surface area contributed by atoms with Gasteiger partial charge in [0.2, 0.25) is 0 Å². The van der Waals surface area contributed by atoms with Crippen LogP contribution < -0.4 is 0 Å². The Balaban J connectivity index is 2.23. The lowest BCUT2D eigenvalue weighted by molar-refractivity contribution is -0.00497. The summed E-state index contributed by atoms with van der Waals surface area (Å²) in [5, 5.41) is 10.2. The maximum absolute atomic E-state index is 10.2. The average molecular weight is 178 g/mol. The Morgan fingerprint density at radius 1 is 1.15 bits per heavy atom. The number of aromatic nitrogens is 2. The third-order valence-corrected chi connectivity index (χ3v) is 2.72. The van der Waals surface area contributed by atoms with E-state index in [9.17, 15) is 5.11 Å². The van der Waals surface area contributed by atoms with Gasteiger partial charge in [-0.3, -0.25) is 9.97 Å². The summed E-state index contributed by atoms with van der Waals surface area (Å²) in [5.41, 5.74) is 0.0293. The highest BCUT2D eigenvalue weighted by atomic mass is 16.3. The molecule has 13 heavy (non-hydrogen) atoms. The number of rotatable bonds is 1. The van der Waals surface area contributed by atoms with Crippen molar-refractivity contribution in [2.24, 2.45) is 0 Å². The van der Waals surface area contributed by atoms with Gasteiger partial charge in [-0.25, -0.2) is 0 Å². The van der Waals surface area contributed by atoms with E-state index in [0.29, 0.717) is 0 Å². The molecule has 1 N–H and O–H groups in total. The van der Waals surface area contributed by atoms with E-state index in [1.54, 1.807) is 18.6 Å². The van der Waals surface area contributed by atoms with Crippen LogP contribution in [0.25, 0.3) is 0 Å². The summed E-state index contributed by atoms with van der Waals surface area (Å²) in [6.45, 7) is 0. The molecule has 1 saturated carbocycles. The van der Waals surface area contributed by atoms with Crippen LogP contribution in [-0.4, -0.2) is 15.1 Å². The third kappa shape index (κ3) is 1.70. The Morgan fingerprint density at radius 3 is 2.54 bits per heavy atom. The van der Waals surface area contributed by atoms with Crippen LogP contribution in [0.3, 0.4) is 0 Å². The number of hydrogen-bond acceptors (Lipinski definition) is 3. The van der Waals surface area contributed by atoms with Crippen LogP contribution in [-0.2, 0) is 5.60 Å². The minimum absolute atomic E-state index is 0.702. The summed E-state index contributed by atoms with van der Waals surface area (Å²) >= 11 is 0. The van der Waals surface area contributed by atoms with Crippen molar-refractivity contribution >= 4 is 0 Å². The fourth-order valence-electron chi connectivity index (χ4n) is 1.93. The molecular formula is C10H14N2O. The molecule has 0 bridgehead atoms. The van der Waals surface area contributed by atoms with Gasteiger partial charge in [0.15, 0.2) is 0 Å². The SMILES string of the molecule is OC1(c2cnccn2)CCCCC1. The zero-order chi connectivity index (χ0) is 9.15. The Bertz CT molecular complexity index is 268. The maximum Gasteiger partial charge on any atom is 0.108 e. The van der Waals surface area contributed by atoms with E-state index in [0.717, 1.165) is 31.4 Å². The molecule has 70 valence electrons. The van der Waals surface area contributed by atoms with Crippen molar-refractivity contribution in [3.63, 3.8) is 0 Å². The molecule has 1 fully saturated rings. The van der Waals surface area contributed by atoms with E-state index >= 15 is 0 Å². The standard InChI is InChI=1S/C10H14N2O/c13-10(4-2-1-3-5-10)9-8-11-6-7-12-9/h6-8,13H,1-5H2. The molecule has 3 heteroatoms. The molecule has 1 aromatic rings. The molecule has 0 unspecified atom stereocenters. The first kappa shape index (κ1) is 8.63. The van der Waals surface area contributed by atoms with E-state index in [-0.39, 0.29) is 0 Å². The largest absolute Gasteiger partial charge is 0.383 e. The van der Waals surface area contributed by atoms with Crippen molar-refractivity contribution in [1.82, 2.24) is 9.97 Å². The van der Waals surface area contributed by atoms with Crippen molar-refractivity contribution in [2.75, 3.05) is 0 Å². The van der Waals surface area contributed by atoms with Gasteiger partial charge in [0, 0.05) is 12.4 Å². The molecule has 0 radical (unpaired) electrons. The second-order valence-corrected chi connectivity index (χ2v) is 3.68. The van der Waals surface area contributed by atoms with Gasteiger partial charge in [0.1, 0.15) is 5.60 Å². The summed E-state index contributed by atoms with van der Waals surface area (Å²) in [6.07, 6.45) is 10.0. The van der Waals surface area contributed by atoms with Gasteiger partial charge in [-0.05, 0) is 12.8 Å². The lowest BCUT2D eigenvalue weighted by Crippen LogP contribution is -2.29. The monoisotopic (exact) mass is 178 g/mol. The Hall–Kier alpha value is -0.960. The molecule has 1 aliphatic rings. The van der Waals surface area contributed by atoms with Crippen LogP contribution in [0.2, 0.25) is 0 Å². The van der Waals surface area contributed by atoms with Gasteiger partial charge >= 0.3 is 0 Å². The summed E-state index contributed by atoms with van der Waals surface area (Å²) in [5.74, 6) is 0. The predicted octanol–water partition coefficient (Wildman–Crippen LogP) is 1.63. The van der Waals surface area contributed by atoms with Crippen LogP contribution in [0, 0.1) is 0 Å². The van der Waals surface area contributed by atoms with Crippen molar-refractivity contribution in [2.45, 2.75) is 37.7 Å². The minimum Gasteiger partial charge on any atom is -0.383 e. The van der Waals surface area contributed by atoms with Gasteiger partial charge in [-0.2, -0.15) is 0 Å². The van der Waals surface area contributed by atoms with E-state index in [1.807, 2.05) is 0 Å². The predicted molar refractivity (Wildman–Crippen MR) is 49.0 cm³/mol. The molecular weight excluding hydrogens is 164 g/mol. The fourth-order valence-corrected chi connectivity index (χ4v) is 1.93. The van der Waals surface area contributed by atoms with Crippen LogP contribution in [0.5, 0.6) is 0 Å². The van der Waals surface area contributed by atoms with Crippen molar-refractivity contribution in [3.8, 4) is 0 Å². The number of aliphatic hydroxyl groups is 1. The van der Waals surface area contributed by atoms with Gasteiger partial charge in [0.25, 0.3) is 0 Å². The van der Waals surface area contributed by atoms with E-state index in [2.05, 4.69) is 9.97 Å². The second-order valence-electron chi connectivity index (χ2n) is 3.68. The molecule has 0 atom stereocenters. The number of hydrogen-bond donors (Lipinski definition) is 1. The molecule has 1 heterocycles. The van der Waals surface area contributed by atoms with E-state index in [1.165, 1.54) is 6.42 Å². The quantitative estimate of drug-likeness (QED) is 0.711. The topological polar surface area (TPSA) is 46.0 Å². The van der Waals surface area contributed by atoms with Crippen LogP contribution >= 0.6 is 0 Å². The van der Waals surface area contributed by atoms with Crippen LogP contribution in [0.15, 0.2) is 18.6 Å². The lowest BCUT2D eigenvalue weighted by Gasteiger charge is -2.30. The molecule has 0 spiro atoms.